The van der Waals surface area contributed by atoms with Crippen molar-refractivity contribution < 1.29 is 13.2 Å². The highest BCUT2D eigenvalue weighted by atomic mass is 79.9. The average molecular weight is 387 g/mol. The Kier molecular flexibility index (Phi) is 5.72. The van der Waals surface area contributed by atoms with Gasteiger partial charge in [0.15, 0.2) is 9.84 Å². The predicted molar refractivity (Wildman–Crippen MR) is 89.9 cm³/mol. The summed E-state index contributed by atoms with van der Waals surface area (Å²) in [6.45, 7) is 0.592. The Labute approximate surface area is 137 Å². The van der Waals surface area contributed by atoms with Crippen molar-refractivity contribution in [1.82, 2.24) is 0 Å². The number of hydrogen-bond acceptors (Lipinski definition) is 4. The van der Waals surface area contributed by atoms with Gasteiger partial charge in [-0.05, 0) is 42.5 Å². The molecule has 6 heteroatoms. The summed E-state index contributed by atoms with van der Waals surface area (Å²) in [5.74, 6) is 1.63. The molecule has 0 aromatic heterocycles. The Morgan fingerprint density at radius 3 is 2.48 bits per heavy atom. The van der Waals surface area contributed by atoms with Crippen molar-refractivity contribution in [2.75, 3.05) is 18.6 Å². The van der Waals surface area contributed by atoms with Crippen LogP contribution in [0.4, 0.5) is 0 Å². The standard InChI is InChI=1S/C15H15BrO3S2/c1-21(17,18)15-7-5-14(6-8-15)20-10-9-19-13-4-2-3-12(16)11-13/h2-8,11H,9-10H2,1H3. The first kappa shape index (κ1) is 16.4. The molecule has 2 aromatic carbocycles. The van der Waals surface area contributed by atoms with Crippen LogP contribution < -0.4 is 4.74 Å². The second kappa shape index (κ2) is 7.33. The monoisotopic (exact) mass is 386 g/mol. The second-order valence-electron chi connectivity index (χ2n) is 4.40. The fourth-order valence-corrected chi connectivity index (χ4v) is 3.40. The molecule has 0 heterocycles. The van der Waals surface area contributed by atoms with E-state index in [9.17, 15) is 8.42 Å². The fraction of sp³-hybridized carbons (Fsp3) is 0.200. The zero-order valence-corrected chi connectivity index (χ0v) is 14.7. The number of thioether (sulfide) groups is 1. The Hall–Kier alpha value is -0.980. The van der Waals surface area contributed by atoms with Gasteiger partial charge in [-0.3, -0.25) is 0 Å². The molecule has 21 heavy (non-hydrogen) atoms. The molecule has 0 bridgehead atoms. The maximum absolute atomic E-state index is 11.4. The molecule has 0 saturated carbocycles. The van der Waals surface area contributed by atoms with Crippen molar-refractivity contribution in [1.29, 1.82) is 0 Å². The second-order valence-corrected chi connectivity index (χ2v) is 8.50. The summed E-state index contributed by atoms with van der Waals surface area (Å²) in [6.07, 6.45) is 1.21. The zero-order valence-electron chi connectivity index (χ0n) is 11.5. The van der Waals surface area contributed by atoms with E-state index >= 15 is 0 Å². The Balaban J connectivity index is 1.81. The average Bonchev–Trinajstić information content (AvgIpc) is 2.43. The molecule has 0 unspecified atom stereocenters. The highest BCUT2D eigenvalue weighted by Gasteiger charge is 2.06. The number of sulfone groups is 1. The van der Waals surface area contributed by atoms with E-state index in [1.165, 1.54) is 6.26 Å². The molecule has 2 rings (SSSR count). The van der Waals surface area contributed by atoms with Crippen LogP contribution in [0.25, 0.3) is 0 Å². The number of hydrogen-bond donors (Lipinski definition) is 0. The quantitative estimate of drug-likeness (QED) is 0.555. The van der Waals surface area contributed by atoms with Crippen LogP contribution in [0.5, 0.6) is 5.75 Å². The van der Waals surface area contributed by atoms with Gasteiger partial charge < -0.3 is 4.74 Å². The molecule has 0 spiro atoms. The maximum atomic E-state index is 11.4. The Bertz CT molecular complexity index is 697. The van der Waals surface area contributed by atoms with Crippen LogP contribution in [-0.2, 0) is 9.84 Å². The van der Waals surface area contributed by atoms with Crippen molar-refractivity contribution in [3.05, 3.63) is 53.0 Å². The summed E-state index contributed by atoms with van der Waals surface area (Å²) in [7, 11) is -3.12. The Morgan fingerprint density at radius 2 is 1.86 bits per heavy atom. The number of halogens is 1. The van der Waals surface area contributed by atoms with Gasteiger partial charge in [-0.2, -0.15) is 0 Å². The van der Waals surface area contributed by atoms with E-state index < -0.39 is 9.84 Å². The Morgan fingerprint density at radius 1 is 1.14 bits per heavy atom. The molecule has 0 aliphatic heterocycles. The van der Waals surface area contributed by atoms with Crippen molar-refractivity contribution in [2.24, 2.45) is 0 Å². The van der Waals surface area contributed by atoms with Gasteiger partial charge in [0.1, 0.15) is 5.75 Å². The van der Waals surface area contributed by atoms with Crippen molar-refractivity contribution in [3.63, 3.8) is 0 Å². The van der Waals surface area contributed by atoms with Crippen LogP contribution in [0.15, 0.2) is 62.8 Å². The van der Waals surface area contributed by atoms with Crippen LogP contribution in [0.2, 0.25) is 0 Å². The third-order valence-electron chi connectivity index (χ3n) is 2.67. The van der Waals surface area contributed by atoms with Crippen LogP contribution in [0, 0.1) is 0 Å². The van der Waals surface area contributed by atoms with Gasteiger partial charge in [-0.25, -0.2) is 8.42 Å². The van der Waals surface area contributed by atoms with Crippen molar-refractivity contribution in [3.8, 4) is 5.75 Å². The van der Waals surface area contributed by atoms with E-state index in [1.807, 2.05) is 36.4 Å². The molecule has 0 aliphatic rings. The highest BCUT2D eigenvalue weighted by Crippen LogP contribution is 2.21. The summed E-state index contributed by atoms with van der Waals surface area (Å²) >= 11 is 5.03. The van der Waals surface area contributed by atoms with Gasteiger partial charge in [-0.1, -0.05) is 22.0 Å². The lowest BCUT2D eigenvalue weighted by Crippen LogP contribution is -2.00. The summed E-state index contributed by atoms with van der Waals surface area (Å²) in [6, 6.07) is 14.6. The molecule has 0 N–H and O–H groups in total. The van der Waals surface area contributed by atoms with Gasteiger partial charge in [0, 0.05) is 21.4 Å². The smallest absolute Gasteiger partial charge is 0.175 e. The van der Waals surface area contributed by atoms with Gasteiger partial charge in [0.25, 0.3) is 0 Å². The minimum absolute atomic E-state index is 0.345. The van der Waals surface area contributed by atoms with E-state index in [2.05, 4.69) is 15.9 Å². The molecule has 2 aromatic rings. The first-order valence-electron chi connectivity index (χ1n) is 6.26. The van der Waals surface area contributed by atoms with Crippen LogP contribution in [0.1, 0.15) is 0 Å². The lowest BCUT2D eigenvalue weighted by Gasteiger charge is -2.06. The fourth-order valence-electron chi connectivity index (χ4n) is 1.66. The first-order valence-corrected chi connectivity index (χ1v) is 9.93. The summed E-state index contributed by atoms with van der Waals surface area (Å²) in [5, 5.41) is 0. The molecule has 112 valence electrons. The van der Waals surface area contributed by atoms with Crippen molar-refractivity contribution in [2.45, 2.75) is 9.79 Å². The van der Waals surface area contributed by atoms with Crippen LogP contribution in [-0.4, -0.2) is 27.0 Å². The minimum Gasteiger partial charge on any atom is -0.493 e. The molecule has 0 aliphatic carbocycles. The van der Waals surface area contributed by atoms with E-state index in [4.69, 9.17) is 4.74 Å². The molecular weight excluding hydrogens is 372 g/mol. The summed E-state index contributed by atoms with van der Waals surface area (Å²) in [5.41, 5.74) is 0. The normalized spacial score (nSPS) is 11.3. The third-order valence-corrected chi connectivity index (χ3v) is 5.27. The maximum Gasteiger partial charge on any atom is 0.175 e. The molecule has 0 saturated heterocycles. The lowest BCUT2D eigenvalue weighted by molar-refractivity contribution is 0.344. The van der Waals surface area contributed by atoms with Gasteiger partial charge in [0.05, 0.1) is 11.5 Å². The number of rotatable bonds is 6. The summed E-state index contributed by atoms with van der Waals surface area (Å²) in [4.78, 5) is 1.37. The zero-order chi connectivity index (χ0) is 15.3. The molecular formula is C15H15BrO3S2. The molecule has 0 atom stereocenters. The minimum atomic E-state index is -3.12. The van der Waals surface area contributed by atoms with E-state index in [0.717, 1.165) is 20.9 Å². The molecule has 0 radical (unpaired) electrons. The first-order chi connectivity index (χ1) is 9.95. The van der Waals surface area contributed by atoms with Crippen LogP contribution >= 0.6 is 27.7 Å². The van der Waals surface area contributed by atoms with Gasteiger partial charge >= 0.3 is 0 Å². The van der Waals surface area contributed by atoms with Gasteiger partial charge in [0.2, 0.25) is 0 Å². The van der Waals surface area contributed by atoms with Crippen molar-refractivity contribution >= 4 is 37.5 Å². The van der Waals surface area contributed by atoms with E-state index in [0.29, 0.717) is 11.5 Å². The molecule has 0 amide bonds. The highest BCUT2D eigenvalue weighted by molar-refractivity contribution is 9.10. The van der Waals surface area contributed by atoms with E-state index in [1.54, 1.807) is 23.9 Å². The molecule has 3 nitrogen and oxygen atoms in total. The SMILES string of the molecule is CS(=O)(=O)c1ccc(SCCOc2cccc(Br)c2)cc1. The van der Waals surface area contributed by atoms with Gasteiger partial charge in [-0.15, -0.1) is 11.8 Å². The topological polar surface area (TPSA) is 43.4 Å². The largest absolute Gasteiger partial charge is 0.493 e. The third kappa shape index (κ3) is 5.37. The lowest BCUT2D eigenvalue weighted by atomic mass is 10.3. The van der Waals surface area contributed by atoms with Crippen LogP contribution in [0.3, 0.4) is 0 Å². The predicted octanol–water partition coefficient (Wildman–Crippen LogP) is 4.02. The van der Waals surface area contributed by atoms with E-state index in [-0.39, 0.29) is 0 Å². The number of benzene rings is 2. The molecule has 0 fully saturated rings. The number of ether oxygens (including phenoxy) is 1. The summed E-state index contributed by atoms with van der Waals surface area (Å²) < 4.78 is 29.3.